The number of Topliss-reactive ketones (excluding diaryl/α,β-unsaturated/α-hetero) is 1. The molecule has 2 heterocycles. The van der Waals surface area contributed by atoms with Crippen LogP contribution in [-0.2, 0) is 6.54 Å². The van der Waals surface area contributed by atoms with Crippen molar-refractivity contribution in [2.24, 2.45) is 0 Å². The van der Waals surface area contributed by atoms with Crippen LogP contribution in [0.3, 0.4) is 0 Å². The van der Waals surface area contributed by atoms with Crippen LogP contribution < -0.4 is 0 Å². The lowest BCUT2D eigenvalue weighted by molar-refractivity contribution is 0.0946. The van der Waals surface area contributed by atoms with Crippen LogP contribution >= 0.6 is 0 Å². The second kappa shape index (κ2) is 3.94. The van der Waals surface area contributed by atoms with E-state index in [0.717, 1.165) is 10.9 Å². The van der Waals surface area contributed by atoms with Crippen molar-refractivity contribution >= 4 is 16.7 Å². The van der Waals surface area contributed by atoms with E-state index in [4.69, 9.17) is 4.42 Å². The van der Waals surface area contributed by atoms with Gasteiger partial charge in [-0.1, -0.05) is 18.2 Å². The molecule has 0 unspecified atom stereocenters. The number of fused-ring (bicyclic) bond motifs is 1. The molecule has 0 saturated carbocycles. The van der Waals surface area contributed by atoms with Crippen molar-refractivity contribution in [1.82, 2.24) is 4.57 Å². The Balaban J connectivity index is 1.93. The highest BCUT2D eigenvalue weighted by Crippen LogP contribution is 2.15. The molecule has 17 heavy (non-hydrogen) atoms. The third-order valence-corrected chi connectivity index (χ3v) is 2.79. The Bertz CT molecular complexity index is 650. The summed E-state index contributed by atoms with van der Waals surface area (Å²) in [4.78, 5) is 11.9. The van der Waals surface area contributed by atoms with Crippen molar-refractivity contribution in [3.63, 3.8) is 0 Å². The zero-order valence-corrected chi connectivity index (χ0v) is 9.17. The average molecular weight is 225 g/mol. The normalized spacial score (nSPS) is 10.8. The standard InChI is InChI=1S/C14H11NO2/c16-13(14-6-3-9-17-14)10-15-8-7-11-4-1-2-5-12(11)15/h1-9H,10H2. The van der Waals surface area contributed by atoms with Gasteiger partial charge in [0.1, 0.15) is 0 Å². The summed E-state index contributed by atoms with van der Waals surface area (Å²) < 4.78 is 7.02. The lowest BCUT2D eigenvalue weighted by Gasteiger charge is -2.02. The van der Waals surface area contributed by atoms with Crippen LogP contribution in [0.15, 0.2) is 59.3 Å². The molecule has 0 spiro atoms. The van der Waals surface area contributed by atoms with E-state index in [2.05, 4.69) is 0 Å². The second-order valence-corrected chi connectivity index (χ2v) is 3.90. The summed E-state index contributed by atoms with van der Waals surface area (Å²) >= 11 is 0. The quantitative estimate of drug-likeness (QED) is 0.642. The molecule has 0 amide bonds. The van der Waals surface area contributed by atoms with Gasteiger partial charge in [-0.3, -0.25) is 4.79 Å². The van der Waals surface area contributed by atoms with Gasteiger partial charge in [0.25, 0.3) is 0 Å². The number of nitrogens with zero attached hydrogens (tertiary/aromatic N) is 1. The summed E-state index contributed by atoms with van der Waals surface area (Å²) in [5.74, 6) is 0.388. The van der Waals surface area contributed by atoms with Crippen molar-refractivity contribution in [1.29, 1.82) is 0 Å². The smallest absolute Gasteiger partial charge is 0.217 e. The van der Waals surface area contributed by atoms with E-state index in [1.54, 1.807) is 12.1 Å². The zero-order chi connectivity index (χ0) is 11.7. The molecule has 1 aromatic carbocycles. The molecule has 3 rings (SSSR count). The van der Waals surface area contributed by atoms with Crippen molar-refractivity contribution in [3.8, 4) is 0 Å². The number of carbonyl (C=O) groups excluding carboxylic acids is 1. The van der Waals surface area contributed by atoms with Gasteiger partial charge in [0.15, 0.2) is 5.76 Å². The van der Waals surface area contributed by atoms with Crippen LogP contribution in [0.1, 0.15) is 10.6 Å². The minimum absolute atomic E-state index is 0.0173. The topological polar surface area (TPSA) is 35.1 Å². The molecule has 2 aromatic heterocycles. The molecular formula is C14H11NO2. The molecule has 0 aliphatic heterocycles. The summed E-state index contributed by atoms with van der Waals surface area (Å²) in [5, 5.41) is 1.14. The first kappa shape index (κ1) is 9.90. The summed E-state index contributed by atoms with van der Waals surface area (Å²) in [7, 11) is 0. The molecular weight excluding hydrogens is 214 g/mol. The molecule has 0 radical (unpaired) electrons. The van der Waals surface area contributed by atoms with Crippen LogP contribution in [0, 0.1) is 0 Å². The summed E-state index contributed by atoms with van der Waals surface area (Å²) in [6.07, 6.45) is 3.44. The van der Waals surface area contributed by atoms with Crippen LogP contribution in [0.4, 0.5) is 0 Å². The molecule has 0 aliphatic carbocycles. The summed E-state index contributed by atoms with van der Waals surface area (Å²) in [6.45, 7) is 0.307. The molecule has 84 valence electrons. The number of hydrogen-bond donors (Lipinski definition) is 0. The van der Waals surface area contributed by atoms with Gasteiger partial charge in [0.05, 0.1) is 12.8 Å². The van der Waals surface area contributed by atoms with E-state index < -0.39 is 0 Å². The molecule has 0 N–H and O–H groups in total. The first-order chi connectivity index (χ1) is 8.34. The SMILES string of the molecule is O=C(Cn1ccc2ccccc21)c1ccco1. The van der Waals surface area contributed by atoms with Crippen LogP contribution in [0.2, 0.25) is 0 Å². The van der Waals surface area contributed by atoms with Gasteiger partial charge in [-0.15, -0.1) is 0 Å². The number of benzene rings is 1. The Morgan fingerprint density at radius 1 is 1.12 bits per heavy atom. The largest absolute Gasteiger partial charge is 0.461 e. The Morgan fingerprint density at radius 2 is 2.00 bits per heavy atom. The molecule has 3 heteroatoms. The van der Waals surface area contributed by atoms with Gasteiger partial charge in [0.2, 0.25) is 5.78 Å². The molecule has 0 fully saturated rings. The van der Waals surface area contributed by atoms with Gasteiger partial charge in [-0.05, 0) is 29.7 Å². The third-order valence-electron chi connectivity index (χ3n) is 2.79. The van der Waals surface area contributed by atoms with E-state index in [9.17, 15) is 4.79 Å². The summed E-state index contributed by atoms with van der Waals surface area (Å²) in [5.41, 5.74) is 1.06. The van der Waals surface area contributed by atoms with Gasteiger partial charge in [-0.25, -0.2) is 0 Å². The monoisotopic (exact) mass is 225 g/mol. The first-order valence-corrected chi connectivity index (χ1v) is 5.45. The number of carbonyl (C=O) groups is 1. The van der Waals surface area contributed by atoms with Gasteiger partial charge >= 0.3 is 0 Å². The molecule has 0 aliphatic rings. The Kier molecular flexibility index (Phi) is 2.29. The Hall–Kier alpha value is -2.29. The molecule has 3 nitrogen and oxygen atoms in total. The minimum atomic E-state index is -0.0173. The lowest BCUT2D eigenvalue weighted by Crippen LogP contribution is -2.08. The van der Waals surface area contributed by atoms with Gasteiger partial charge < -0.3 is 8.98 Å². The number of furan rings is 1. The molecule has 0 bridgehead atoms. The Morgan fingerprint density at radius 3 is 2.82 bits per heavy atom. The highest BCUT2D eigenvalue weighted by Gasteiger charge is 2.10. The predicted octanol–water partition coefficient (Wildman–Crippen LogP) is 3.12. The van der Waals surface area contributed by atoms with E-state index in [0.29, 0.717) is 12.3 Å². The van der Waals surface area contributed by atoms with Crippen LogP contribution in [-0.4, -0.2) is 10.4 Å². The highest BCUT2D eigenvalue weighted by molar-refractivity contribution is 5.94. The maximum atomic E-state index is 11.9. The Labute approximate surface area is 98.3 Å². The van der Waals surface area contributed by atoms with Crippen molar-refractivity contribution in [2.45, 2.75) is 6.54 Å². The fourth-order valence-corrected chi connectivity index (χ4v) is 1.95. The van der Waals surface area contributed by atoms with E-state index in [-0.39, 0.29) is 5.78 Å². The third kappa shape index (κ3) is 1.76. The minimum Gasteiger partial charge on any atom is -0.461 e. The number of para-hydroxylation sites is 1. The number of ketones is 1. The first-order valence-electron chi connectivity index (χ1n) is 5.45. The van der Waals surface area contributed by atoms with E-state index in [1.165, 1.54) is 6.26 Å². The van der Waals surface area contributed by atoms with Crippen molar-refractivity contribution < 1.29 is 9.21 Å². The number of rotatable bonds is 3. The number of hydrogen-bond acceptors (Lipinski definition) is 2. The lowest BCUT2D eigenvalue weighted by atomic mass is 10.2. The van der Waals surface area contributed by atoms with Crippen LogP contribution in [0.5, 0.6) is 0 Å². The predicted molar refractivity (Wildman–Crippen MR) is 65.0 cm³/mol. The molecule has 0 atom stereocenters. The highest BCUT2D eigenvalue weighted by atomic mass is 16.3. The zero-order valence-electron chi connectivity index (χ0n) is 9.17. The number of aromatic nitrogens is 1. The van der Waals surface area contributed by atoms with Crippen LogP contribution in [0.25, 0.3) is 10.9 Å². The molecule has 0 saturated heterocycles. The fourth-order valence-electron chi connectivity index (χ4n) is 1.95. The van der Waals surface area contributed by atoms with Crippen molar-refractivity contribution in [3.05, 3.63) is 60.7 Å². The van der Waals surface area contributed by atoms with Gasteiger partial charge in [0, 0.05) is 11.7 Å². The average Bonchev–Trinajstić information content (AvgIpc) is 2.98. The molecule has 3 aromatic rings. The summed E-state index contributed by atoms with van der Waals surface area (Å²) in [6, 6.07) is 13.4. The maximum absolute atomic E-state index is 11.9. The van der Waals surface area contributed by atoms with Crippen molar-refractivity contribution in [2.75, 3.05) is 0 Å². The van der Waals surface area contributed by atoms with E-state index in [1.807, 2.05) is 41.1 Å². The van der Waals surface area contributed by atoms with Gasteiger partial charge in [-0.2, -0.15) is 0 Å². The fraction of sp³-hybridized carbons (Fsp3) is 0.0714. The maximum Gasteiger partial charge on any atom is 0.217 e. The van der Waals surface area contributed by atoms with E-state index >= 15 is 0 Å². The second-order valence-electron chi connectivity index (χ2n) is 3.90.